The van der Waals surface area contributed by atoms with Crippen LogP contribution in [0.15, 0.2) is 144 Å². The van der Waals surface area contributed by atoms with E-state index < -0.39 is 8.07 Å². The second-order valence-electron chi connectivity index (χ2n) is 18.8. The van der Waals surface area contributed by atoms with Crippen LogP contribution in [0.1, 0.15) is 106 Å². The summed E-state index contributed by atoms with van der Waals surface area (Å²) in [4.78, 5) is 7.23. The number of para-hydroxylation sites is 3. The molecule has 0 N–H and O–H groups in total. The molecule has 1 atom stereocenters. The number of nitrogens with zero attached hydrogens (tertiary/aromatic N) is 3. The van der Waals surface area contributed by atoms with Crippen molar-refractivity contribution in [3.8, 4) is 22.4 Å². The largest absolute Gasteiger partial charge is 3.00 e. The minimum absolute atomic E-state index is 0. The van der Waals surface area contributed by atoms with Crippen molar-refractivity contribution in [3.63, 3.8) is 0 Å². The molecule has 0 radical (unpaired) electrons. The molecule has 1 fully saturated rings. The molecule has 320 valence electrons. The SMILES string of the molecule is CC(C)c1cc(-c2ccccc2)cc(C(C)C)c1N1c2ccccc2[N-]C1c1[c-]cc2oc3ccccc3c2c1.C[Si](C)(C)c1cnc(-c2[c-]cccc2)cc1C1CCCCC1.[Ir+3]. The van der Waals surface area contributed by atoms with Gasteiger partial charge < -0.3 is 19.6 Å². The summed E-state index contributed by atoms with van der Waals surface area (Å²) in [5, 5.41) is 9.07. The van der Waals surface area contributed by atoms with Gasteiger partial charge in [-0.25, -0.2) is 0 Å². The van der Waals surface area contributed by atoms with Crippen LogP contribution in [0.3, 0.4) is 0 Å². The Morgan fingerprint density at radius 1 is 0.698 bits per heavy atom. The van der Waals surface area contributed by atoms with Crippen molar-refractivity contribution in [2.24, 2.45) is 0 Å². The minimum Gasteiger partial charge on any atom is -0.661 e. The second-order valence-corrected chi connectivity index (χ2v) is 23.9. The van der Waals surface area contributed by atoms with Gasteiger partial charge >= 0.3 is 20.1 Å². The number of pyridine rings is 1. The molecule has 4 nitrogen and oxygen atoms in total. The Morgan fingerprint density at radius 3 is 2.08 bits per heavy atom. The second kappa shape index (κ2) is 18.8. The number of hydrogen-bond acceptors (Lipinski definition) is 3. The third-order valence-corrected chi connectivity index (χ3v) is 14.8. The topological polar surface area (TPSA) is 43.4 Å². The van der Waals surface area contributed by atoms with E-state index in [2.05, 4.69) is 174 Å². The van der Waals surface area contributed by atoms with Gasteiger partial charge in [-0.05, 0) is 94.2 Å². The molecule has 2 aromatic heterocycles. The van der Waals surface area contributed by atoms with Crippen LogP contribution in [-0.2, 0) is 20.1 Å². The fraction of sp³-hybridized carbons (Fsp3) is 0.281. The summed E-state index contributed by atoms with van der Waals surface area (Å²) in [6.07, 6.45) is 8.80. The van der Waals surface area contributed by atoms with Crippen LogP contribution in [0.25, 0.3) is 49.6 Å². The van der Waals surface area contributed by atoms with E-state index in [4.69, 9.17) is 14.7 Å². The Morgan fingerprint density at radius 2 is 1.38 bits per heavy atom. The molecule has 1 unspecified atom stereocenters. The van der Waals surface area contributed by atoms with Gasteiger partial charge in [0.2, 0.25) is 0 Å². The van der Waals surface area contributed by atoms with Gasteiger partial charge in [0.25, 0.3) is 0 Å². The quantitative estimate of drug-likeness (QED) is 0.113. The third-order valence-electron chi connectivity index (χ3n) is 12.8. The zero-order valence-corrected chi connectivity index (χ0v) is 41.1. The third kappa shape index (κ3) is 9.09. The molecular formula is C57H58IrN3OSi. The molecule has 63 heavy (non-hydrogen) atoms. The predicted octanol–water partition coefficient (Wildman–Crippen LogP) is 16.3. The summed E-state index contributed by atoms with van der Waals surface area (Å²) in [5.74, 6) is 1.39. The van der Waals surface area contributed by atoms with Gasteiger partial charge in [0.05, 0.1) is 8.07 Å². The van der Waals surface area contributed by atoms with Crippen molar-refractivity contribution in [1.29, 1.82) is 0 Å². The summed E-state index contributed by atoms with van der Waals surface area (Å²) < 4.78 is 6.12. The van der Waals surface area contributed by atoms with Crippen LogP contribution in [0.2, 0.25) is 19.6 Å². The molecule has 0 bridgehead atoms. The van der Waals surface area contributed by atoms with Crippen LogP contribution >= 0.6 is 0 Å². The number of furan rings is 1. The maximum absolute atomic E-state index is 6.12. The Kier molecular flexibility index (Phi) is 13.3. The van der Waals surface area contributed by atoms with Crippen LogP contribution in [-0.4, -0.2) is 13.1 Å². The summed E-state index contributed by atoms with van der Waals surface area (Å²) in [7, 11) is -1.36. The Bertz CT molecular complexity index is 2790. The van der Waals surface area contributed by atoms with Gasteiger partial charge in [0.1, 0.15) is 5.58 Å². The number of hydrogen-bond donors (Lipinski definition) is 0. The van der Waals surface area contributed by atoms with Crippen molar-refractivity contribution >= 4 is 52.3 Å². The van der Waals surface area contributed by atoms with E-state index in [-0.39, 0.29) is 26.3 Å². The van der Waals surface area contributed by atoms with E-state index >= 15 is 0 Å². The van der Waals surface area contributed by atoms with E-state index in [1.165, 1.54) is 60.0 Å². The molecule has 6 heteroatoms. The molecule has 0 saturated heterocycles. The zero-order valence-electron chi connectivity index (χ0n) is 37.7. The van der Waals surface area contributed by atoms with Crippen LogP contribution in [0, 0.1) is 12.1 Å². The smallest absolute Gasteiger partial charge is 0.661 e. The minimum atomic E-state index is -1.36. The number of aromatic nitrogens is 1. The van der Waals surface area contributed by atoms with Crippen molar-refractivity contribution in [2.45, 2.75) is 103 Å². The molecule has 1 aliphatic heterocycles. The average Bonchev–Trinajstić information content (AvgIpc) is 3.87. The molecule has 1 aliphatic carbocycles. The number of benzene rings is 6. The van der Waals surface area contributed by atoms with Crippen LogP contribution < -0.4 is 10.1 Å². The number of fused-ring (bicyclic) bond motifs is 4. The fourth-order valence-corrected chi connectivity index (χ4v) is 11.2. The van der Waals surface area contributed by atoms with E-state index in [0.717, 1.165) is 56.1 Å². The van der Waals surface area contributed by atoms with Gasteiger partial charge in [0, 0.05) is 28.5 Å². The number of rotatable bonds is 8. The molecular weight excluding hydrogens is 963 g/mol. The van der Waals surface area contributed by atoms with E-state index in [1.54, 1.807) is 10.8 Å². The first-order chi connectivity index (χ1) is 30.0. The van der Waals surface area contributed by atoms with Gasteiger partial charge in [-0.1, -0.05) is 150 Å². The van der Waals surface area contributed by atoms with Gasteiger partial charge in [0.15, 0.2) is 0 Å². The zero-order chi connectivity index (χ0) is 43.0. The van der Waals surface area contributed by atoms with Crippen molar-refractivity contribution in [1.82, 2.24) is 4.98 Å². The Hall–Kier alpha value is -5.26. The predicted molar refractivity (Wildman–Crippen MR) is 264 cm³/mol. The van der Waals surface area contributed by atoms with E-state index in [0.29, 0.717) is 11.8 Å². The summed E-state index contributed by atoms with van der Waals surface area (Å²) in [5.41, 5.74) is 15.1. The molecule has 8 aromatic rings. The molecule has 6 aromatic carbocycles. The Balaban J connectivity index is 0.000000201. The average molecular weight is 1020 g/mol. The monoisotopic (exact) mass is 1020 g/mol. The van der Waals surface area contributed by atoms with E-state index in [9.17, 15) is 0 Å². The maximum atomic E-state index is 6.12. The fourth-order valence-electron chi connectivity index (χ4n) is 9.57. The van der Waals surface area contributed by atoms with Crippen LogP contribution in [0.4, 0.5) is 17.1 Å². The standard InChI is InChI=1S/C37H32N2O.C20H26NSi.Ir/c1-23(2)29-21-27(25-12-6-5-7-13-25)22-30(24(3)4)36(29)39-33-16-10-9-15-32(33)38-37(39)26-18-19-35-31(20-26)28-14-8-11-17-34(28)40-35;1-22(2,3)20-15-21-19(17-12-8-5-9-13-17)14-18(20)16-10-6-4-7-11-16;/h5-17,19-24,37H,1-4H3;5,8-9,12,14-16H,4,6-7,10-11H2,1-3H3;/q-2;-1;+3. The molecule has 10 rings (SSSR count). The molecule has 2 aliphatic rings. The first-order valence-electron chi connectivity index (χ1n) is 22.7. The van der Waals surface area contributed by atoms with Crippen molar-refractivity contribution in [2.75, 3.05) is 4.90 Å². The van der Waals surface area contributed by atoms with E-state index in [1.807, 2.05) is 30.3 Å². The first-order valence-corrected chi connectivity index (χ1v) is 26.2. The summed E-state index contributed by atoms with van der Waals surface area (Å²) >= 11 is 0. The summed E-state index contributed by atoms with van der Waals surface area (Å²) in [6, 6.07) is 53.8. The van der Waals surface area contributed by atoms with Crippen LogP contribution in [0.5, 0.6) is 0 Å². The Labute approximate surface area is 389 Å². The molecule has 0 spiro atoms. The van der Waals surface area contributed by atoms with Gasteiger partial charge in [-0.3, -0.25) is 0 Å². The van der Waals surface area contributed by atoms with Crippen molar-refractivity contribution < 1.29 is 24.5 Å². The molecule has 1 saturated carbocycles. The van der Waals surface area contributed by atoms with Gasteiger partial charge in [-0.15, -0.1) is 47.6 Å². The summed E-state index contributed by atoms with van der Waals surface area (Å²) in [6.45, 7) is 16.5. The van der Waals surface area contributed by atoms with Gasteiger partial charge in [-0.2, -0.15) is 17.7 Å². The normalized spacial score (nSPS) is 15.3. The maximum Gasteiger partial charge on any atom is 3.00 e. The molecule has 3 heterocycles. The first kappa shape index (κ1) is 44.3. The molecule has 0 amide bonds. The van der Waals surface area contributed by atoms with Crippen molar-refractivity contribution in [3.05, 3.63) is 179 Å². The number of anilines is 2.